The molecule has 0 atom stereocenters. The van der Waals surface area contributed by atoms with Crippen LogP contribution in [-0.4, -0.2) is 43.9 Å². The fourth-order valence-electron chi connectivity index (χ4n) is 2.98. The van der Waals surface area contributed by atoms with Crippen LogP contribution in [0.15, 0.2) is 23.0 Å². The summed E-state index contributed by atoms with van der Waals surface area (Å²) in [4.78, 5) is 27.0. The van der Waals surface area contributed by atoms with Crippen LogP contribution in [0.4, 0.5) is 4.79 Å². The number of amides is 2. The maximum atomic E-state index is 12.2. The molecule has 3 rings (SSSR count). The summed E-state index contributed by atoms with van der Waals surface area (Å²) < 4.78 is 10.5. The average molecular weight is 380 g/mol. The molecule has 3 N–H and O–H groups in total. The monoisotopic (exact) mass is 379 g/mol. The molecule has 1 aromatic heterocycles. The second kappa shape index (κ2) is 8.42. The predicted molar refractivity (Wildman–Crippen MR) is 100 cm³/mol. The molecule has 0 bridgehead atoms. The SMILES string of the molecule is COc1cc2cc(CCNC(=O)NC3CCOCC3)c(=O)[nH]c2cc1Cl. The molecule has 0 aliphatic carbocycles. The fourth-order valence-corrected chi connectivity index (χ4v) is 3.22. The molecule has 0 spiro atoms. The highest BCUT2D eigenvalue weighted by atomic mass is 35.5. The third-order valence-corrected chi connectivity index (χ3v) is 4.73. The van der Waals surface area contributed by atoms with Crippen LogP contribution in [0.5, 0.6) is 5.75 Å². The minimum atomic E-state index is -0.220. The van der Waals surface area contributed by atoms with Crippen LogP contribution >= 0.6 is 11.6 Å². The van der Waals surface area contributed by atoms with Crippen LogP contribution in [0.1, 0.15) is 18.4 Å². The van der Waals surface area contributed by atoms with Crippen molar-refractivity contribution in [3.63, 3.8) is 0 Å². The second-order valence-corrected chi connectivity index (χ2v) is 6.64. The second-order valence-electron chi connectivity index (χ2n) is 6.23. The predicted octanol–water partition coefficient (Wildman–Crippen LogP) is 2.21. The van der Waals surface area contributed by atoms with Crippen molar-refractivity contribution in [2.45, 2.75) is 25.3 Å². The number of halogens is 1. The number of aromatic amines is 1. The van der Waals surface area contributed by atoms with E-state index in [1.165, 1.54) is 0 Å². The van der Waals surface area contributed by atoms with Gasteiger partial charge in [-0.15, -0.1) is 0 Å². The molecule has 8 heteroatoms. The largest absolute Gasteiger partial charge is 0.495 e. The van der Waals surface area contributed by atoms with E-state index in [0.717, 1.165) is 18.2 Å². The lowest BCUT2D eigenvalue weighted by Crippen LogP contribution is -2.45. The zero-order chi connectivity index (χ0) is 18.5. The summed E-state index contributed by atoms with van der Waals surface area (Å²) in [5.74, 6) is 0.547. The Morgan fingerprint density at radius 2 is 2.12 bits per heavy atom. The highest BCUT2D eigenvalue weighted by Gasteiger charge is 2.15. The van der Waals surface area contributed by atoms with Crippen LogP contribution in [0.3, 0.4) is 0 Å². The fraction of sp³-hybridized carbons (Fsp3) is 0.444. The molecule has 1 aliphatic rings. The molecular weight excluding hydrogens is 358 g/mol. The van der Waals surface area contributed by atoms with E-state index in [1.807, 2.05) is 0 Å². The Morgan fingerprint density at radius 3 is 2.85 bits per heavy atom. The lowest BCUT2D eigenvalue weighted by atomic mass is 10.1. The number of ether oxygens (including phenoxy) is 2. The lowest BCUT2D eigenvalue weighted by molar-refractivity contribution is 0.0801. The quantitative estimate of drug-likeness (QED) is 0.742. The van der Waals surface area contributed by atoms with Crippen LogP contribution in [0, 0.1) is 0 Å². The van der Waals surface area contributed by atoms with Gasteiger partial charge < -0.3 is 25.1 Å². The smallest absolute Gasteiger partial charge is 0.315 e. The van der Waals surface area contributed by atoms with Gasteiger partial charge in [0.2, 0.25) is 0 Å². The van der Waals surface area contributed by atoms with E-state index < -0.39 is 0 Å². The van der Waals surface area contributed by atoms with Crippen LogP contribution < -0.4 is 20.9 Å². The maximum absolute atomic E-state index is 12.2. The topological polar surface area (TPSA) is 92.4 Å². The van der Waals surface area contributed by atoms with Crippen LogP contribution in [0.25, 0.3) is 10.9 Å². The summed E-state index contributed by atoms with van der Waals surface area (Å²) in [7, 11) is 1.54. The zero-order valence-corrected chi connectivity index (χ0v) is 15.3. The first-order valence-corrected chi connectivity index (χ1v) is 8.96. The number of hydrogen-bond acceptors (Lipinski definition) is 4. The molecule has 0 unspecified atom stereocenters. The summed E-state index contributed by atoms with van der Waals surface area (Å²) in [5.41, 5.74) is 1.05. The third-order valence-electron chi connectivity index (χ3n) is 4.43. The molecule has 140 valence electrons. The van der Waals surface area contributed by atoms with Crippen molar-refractivity contribution in [3.8, 4) is 5.75 Å². The zero-order valence-electron chi connectivity index (χ0n) is 14.6. The van der Waals surface area contributed by atoms with Crippen molar-refractivity contribution < 1.29 is 14.3 Å². The molecule has 0 radical (unpaired) electrons. The Kier molecular flexibility index (Phi) is 6.00. The van der Waals surface area contributed by atoms with Crippen molar-refractivity contribution in [3.05, 3.63) is 39.1 Å². The normalized spacial score (nSPS) is 15.0. The Hall–Kier alpha value is -2.25. The number of nitrogens with one attached hydrogen (secondary N) is 3. The third kappa shape index (κ3) is 4.47. The van der Waals surface area contributed by atoms with E-state index in [-0.39, 0.29) is 17.6 Å². The molecule has 26 heavy (non-hydrogen) atoms. The summed E-state index contributed by atoms with van der Waals surface area (Å²) in [5, 5.41) is 6.99. The van der Waals surface area contributed by atoms with Gasteiger partial charge in [0.05, 0.1) is 17.6 Å². The first-order chi connectivity index (χ1) is 12.6. The molecule has 0 saturated carbocycles. The Bertz CT molecular complexity index is 846. The van der Waals surface area contributed by atoms with Crippen molar-refractivity contribution in [2.75, 3.05) is 26.9 Å². The van der Waals surface area contributed by atoms with Crippen molar-refractivity contribution >= 4 is 28.5 Å². The number of fused-ring (bicyclic) bond motifs is 1. The Morgan fingerprint density at radius 1 is 1.35 bits per heavy atom. The summed E-state index contributed by atoms with van der Waals surface area (Å²) in [6.45, 7) is 1.71. The van der Waals surface area contributed by atoms with Gasteiger partial charge in [-0.05, 0) is 37.5 Å². The van der Waals surface area contributed by atoms with Crippen molar-refractivity contribution in [1.29, 1.82) is 0 Å². The van der Waals surface area contributed by atoms with E-state index in [4.69, 9.17) is 21.1 Å². The first-order valence-electron chi connectivity index (χ1n) is 8.58. The van der Waals surface area contributed by atoms with Gasteiger partial charge >= 0.3 is 6.03 Å². The molecule has 7 nitrogen and oxygen atoms in total. The van der Waals surface area contributed by atoms with Gasteiger partial charge in [0, 0.05) is 36.8 Å². The number of aromatic nitrogens is 1. The molecule has 2 aromatic rings. The van der Waals surface area contributed by atoms with Gasteiger partial charge in [0.25, 0.3) is 5.56 Å². The summed E-state index contributed by atoms with van der Waals surface area (Å²) in [6.07, 6.45) is 2.07. The van der Waals surface area contributed by atoms with E-state index in [2.05, 4.69) is 15.6 Å². The van der Waals surface area contributed by atoms with E-state index >= 15 is 0 Å². The molecule has 1 saturated heterocycles. The number of pyridine rings is 1. The number of methoxy groups -OCH3 is 1. The first kappa shape index (κ1) is 18.5. The number of H-pyrrole nitrogens is 1. The maximum Gasteiger partial charge on any atom is 0.315 e. The summed E-state index contributed by atoms with van der Waals surface area (Å²) in [6, 6.07) is 5.17. The number of carbonyl (C=O) groups is 1. The Labute approximate surface area is 156 Å². The highest BCUT2D eigenvalue weighted by Crippen LogP contribution is 2.28. The van der Waals surface area contributed by atoms with E-state index in [9.17, 15) is 9.59 Å². The number of carbonyl (C=O) groups excluding carboxylic acids is 1. The minimum absolute atomic E-state index is 0.144. The highest BCUT2D eigenvalue weighted by molar-refractivity contribution is 6.32. The van der Waals surface area contributed by atoms with Gasteiger partial charge in [-0.3, -0.25) is 4.79 Å². The number of urea groups is 1. The van der Waals surface area contributed by atoms with Crippen molar-refractivity contribution in [1.82, 2.24) is 15.6 Å². The van der Waals surface area contributed by atoms with Crippen molar-refractivity contribution in [2.24, 2.45) is 0 Å². The molecule has 2 amide bonds. The molecular formula is C18H22ClN3O4. The molecule has 1 aromatic carbocycles. The standard InChI is InChI=1S/C18H22ClN3O4/c1-25-16-9-12-8-11(17(23)22-15(12)10-14(16)19)2-5-20-18(24)21-13-3-6-26-7-4-13/h8-10,13H,2-7H2,1H3,(H,22,23)(H2,20,21,24). The van der Waals surface area contributed by atoms with Crippen LogP contribution in [0.2, 0.25) is 5.02 Å². The number of rotatable bonds is 5. The summed E-state index contributed by atoms with van der Waals surface area (Å²) >= 11 is 6.08. The minimum Gasteiger partial charge on any atom is -0.495 e. The van der Waals surface area contributed by atoms with Gasteiger partial charge in [0.1, 0.15) is 5.75 Å². The van der Waals surface area contributed by atoms with E-state index in [1.54, 1.807) is 25.3 Å². The number of benzene rings is 1. The molecule has 1 fully saturated rings. The van der Waals surface area contributed by atoms with Gasteiger partial charge in [-0.1, -0.05) is 11.6 Å². The molecule has 1 aliphatic heterocycles. The van der Waals surface area contributed by atoms with E-state index in [0.29, 0.717) is 48.0 Å². The molecule has 2 heterocycles. The van der Waals surface area contributed by atoms with Gasteiger partial charge in [-0.25, -0.2) is 4.79 Å². The van der Waals surface area contributed by atoms with Crippen LogP contribution in [-0.2, 0) is 11.2 Å². The lowest BCUT2D eigenvalue weighted by Gasteiger charge is -2.23. The van der Waals surface area contributed by atoms with Gasteiger partial charge in [-0.2, -0.15) is 0 Å². The average Bonchev–Trinajstić information content (AvgIpc) is 2.63. The Balaban J connectivity index is 1.61. The van der Waals surface area contributed by atoms with Gasteiger partial charge in [0.15, 0.2) is 0 Å². The number of hydrogen-bond donors (Lipinski definition) is 3.